The highest BCUT2D eigenvalue weighted by Gasteiger charge is 2.21. The Morgan fingerprint density at radius 1 is 1.25 bits per heavy atom. The number of thiophene rings is 1. The van der Waals surface area contributed by atoms with Crippen molar-refractivity contribution in [1.82, 2.24) is 9.97 Å². The zero-order chi connectivity index (χ0) is 14.1. The second-order valence-corrected chi connectivity index (χ2v) is 6.91. The molecule has 0 aromatic carbocycles. The number of fused-ring (bicyclic) bond motifs is 1. The van der Waals surface area contributed by atoms with Crippen LogP contribution in [0.1, 0.15) is 37.5 Å². The molecule has 1 aliphatic rings. The Labute approximate surface area is 123 Å². The summed E-state index contributed by atoms with van der Waals surface area (Å²) in [7, 11) is 1.84. The van der Waals surface area contributed by atoms with Crippen LogP contribution in [0.25, 0.3) is 10.2 Å². The van der Waals surface area contributed by atoms with Crippen molar-refractivity contribution < 1.29 is 4.74 Å². The first kappa shape index (κ1) is 13.6. The van der Waals surface area contributed by atoms with Gasteiger partial charge in [0.05, 0.1) is 5.39 Å². The van der Waals surface area contributed by atoms with Crippen LogP contribution in [0, 0.1) is 12.8 Å². The number of hydrogen-bond donors (Lipinski definition) is 1. The Balaban J connectivity index is 1.89. The van der Waals surface area contributed by atoms with E-state index < -0.39 is 0 Å². The molecule has 0 radical (unpaired) electrons. The number of nitrogens with one attached hydrogen (secondary N) is 1. The molecule has 4 nitrogen and oxygen atoms in total. The molecule has 5 heteroatoms. The molecule has 2 heterocycles. The summed E-state index contributed by atoms with van der Waals surface area (Å²) in [5, 5.41) is 4.06. The molecule has 0 spiro atoms. The van der Waals surface area contributed by atoms with E-state index in [4.69, 9.17) is 4.74 Å². The molecule has 20 heavy (non-hydrogen) atoms. The monoisotopic (exact) mass is 291 g/mol. The summed E-state index contributed by atoms with van der Waals surface area (Å²) in [6.45, 7) is 4.41. The Morgan fingerprint density at radius 3 is 2.70 bits per heavy atom. The van der Waals surface area contributed by atoms with Crippen molar-refractivity contribution in [2.24, 2.45) is 5.92 Å². The predicted molar refractivity (Wildman–Crippen MR) is 83.7 cm³/mol. The molecule has 0 amide bonds. The number of aryl methyl sites for hydroxylation is 1. The van der Waals surface area contributed by atoms with Gasteiger partial charge in [-0.15, -0.1) is 11.3 Å². The van der Waals surface area contributed by atoms with Gasteiger partial charge in [0.15, 0.2) is 0 Å². The second kappa shape index (κ2) is 5.56. The summed E-state index contributed by atoms with van der Waals surface area (Å²) in [5.74, 6) is 2.21. The second-order valence-electron chi connectivity index (χ2n) is 5.68. The Hall–Kier alpha value is -1.36. The fraction of sp³-hybridized carbons (Fsp3) is 0.600. The minimum atomic E-state index is 0.300. The van der Waals surface area contributed by atoms with Gasteiger partial charge >= 0.3 is 0 Å². The quantitative estimate of drug-likeness (QED) is 0.928. The number of anilines is 1. The first-order valence-corrected chi connectivity index (χ1v) is 8.10. The highest BCUT2D eigenvalue weighted by Crippen LogP contribution is 2.33. The van der Waals surface area contributed by atoms with E-state index in [1.54, 1.807) is 11.3 Å². The summed E-state index contributed by atoms with van der Waals surface area (Å²) in [6.07, 6.45) is 5.06. The lowest BCUT2D eigenvalue weighted by atomic mass is 9.89. The number of nitrogens with zero attached hydrogens (tertiary/aromatic N) is 2. The van der Waals surface area contributed by atoms with Gasteiger partial charge in [0, 0.05) is 11.9 Å². The third-order valence-electron chi connectivity index (χ3n) is 3.95. The first-order chi connectivity index (χ1) is 9.65. The molecule has 0 saturated heterocycles. The van der Waals surface area contributed by atoms with Gasteiger partial charge in [-0.25, -0.2) is 4.98 Å². The van der Waals surface area contributed by atoms with E-state index in [9.17, 15) is 0 Å². The van der Waals surface area contributed by atoms with Crippen molar-refractivity contribution in [3.05, 3.63) is 10.9 Å². The summed E-state index contributed by atoms with van der Waals surface area (Å²) < 4.78 is 6.19. The lowest BCUT2D eigenvalue weighted by molar-refractivity contribution is 0.132. The Bertz CT molecular complexity index is 602. The molecule has 1 saturated carbocycles. The van der Waals surface area contributed by atoms with Crippen LogP contribution in [-0.2, 0) is 0 Å². The van der Waals surface area contributed by atoms with E-state index in [0.29, 0.717) is 12.1 Å². The minimum absolute atomic E-state index is 0.300. The summed E-state index contributed by atoms with van der Waals surface area (Å²) in [5.41, 5.74) is 0. The zero-order valence-electron chi connectivity index (χ0n) is 12.3. The van der Waals surface area contributed by atoms with Crippen molar-refractivity contribution >= 4 is 27.5 Å². The zero-order valence-corrected chi connectivity index (χ0v) is 13.1. The smallest absolute Gasteiger partial charge is 0.227 e. The molecule has 0 aliphatic heterocycles. The van der Waals surface area contributed by atoms with Gasteiger partial charge in [-0.1, -0.05) is 6.92 Å². The maximum Gasteiger partial charge on any atom is 0.227 e. The highest BCUT2D eigenvalue weighted by atomic mass is 32.1. The molecular weight excluding hydrogens is 270 g/mol. The maximum atomic E-state index is 6.19. The van der Waals surface area contributed by atoms with Crippen LogP contribution < -0.4 is 10.1 Å². The molecular formula is C15H21N3OS. The fourth-order valence-corrected chi connectivity index (χ4v) is 3.59. The van der Waals surface area contributed by atoms with Gasteiger partial charge < -0.3 is 10.1 Å². The van der Waals surface area contributed by atoms with Crippen LogP contribution in [0.4, 0.5) is 5.95 Å². The van der Waals surface area contributed by atoms with E-state index in [2.05, 4.69) is 35.2 Å². The largest absolute Gasteiger partial charge is 0.474 e. The number of ether oxygens (including phenoxy) is 1. The van der Waals surface area contributed by atoms with Gasteiger partial charge in [0.2, 0.25) is 11.8 Å². The molecule has 1 aliphatic carbocycles. The van der Waals surface area contributed by atoms with Gasteiger partial charge in [0.1, 0.15) is 10.9 Å². The number of rotatable bonds is 3. The van der Waals surface area contributed by atoms with Crippen molar-refractivity contribution in [3.63, 3.8) is 0 Å². The molecule has 1 N–H and O–H groups in total. The van der Waals surface area contributed by atoms with E-state index in [0.717, 1.165) is 34.9 Å². The van der Waals surface area contributed by atoms with E-state index >= 15 is 0 Å². The molecule has 2 aromatic heterocycles. The third-order valence-corrected chi connectivity index (χ3v) is 4.89. The molecule has 1 fully saturated rings. The number of hydrogen-bond acceptors (Lipinski definition) is 5. The lowest BCUT2D eigenvalue weighted by Gasteiger charge is -2.26. The van der Waals surface area contributed by atoms with Crippen LogP contribution in [0.5, 0.6) is 5.88 Å². The molecule has 108 valence electrons. The van der Waals surface area contributed by atoms with Crippen LogP contribution >= 0.6 is 11.3 Å². The first-order valence-electron chi connectivity index (χ1n) is 7.28. The van der Waals surface area contributed by atoms with Gasteiger partial charge in [-0.05, 0) is 44.6 Å². The van der Waals surface area contributed by atoms with E-state index in [-0.39, 0.29) is 0 Å². The standard InChI is InChI=1S/C15H21N3OS/c1-9-4-6-11(7-5-9)19-13-12-8-10(2)20-14(12)18-15(16-3)17-13/h8-9,11H,4-7H2,1-3H3,(H,16,17,18). The van der Waals surface area contributed by atoms with Crippen molar-refractivity contribution in [2.75, 3.05) is 12.4 Å². The molecule has 3 rings (SSSR count). The number of aromatic nitrogens is 2. The molecule has 0 bridgehead atoms. The predicted octanol–water partition coefficient (Wildman–Crippen LogP) is 4.00. The van der Waals surface area contributed by atoms with E-state index in [1.165, 1.54) is 17.7 Å². The topological polar surface area (TPSA) is 47.0 Å². The van der Waals surface area contributed by atoms with Crippen molar-refractivity contribution in [1.29, 1.82) is 0 Å². The molecule has 0 atom stereocenters. The molecule has 2 aromatic rings. The highest BCUT2D eigenvalue weighted by molar-refractivity contribution is 7.18. The van der Waals surface area contributed by atoms with Gasteiger partial charge in [-0.2, -0.15) is 4.98 Å². The third kappa shape index (κ3) is 2.73. The summed E-state index contributed by atoms with van der Waals surface area (Å²) >= 11 is 1.69. The average molecular weight is 291 g/mol. The van der Waals surface area contributed by atoms with Gasteiger partial charge in [-0.3, -0.25) is 0 Å². The van der Waals surface area contributed by atoms with Crippen molar-refractivity contribution in [2.45, 2.75) is 45.6 Å². The van der Waals surface area contributed by atoms with Crippen LogP contribution in [0.15, 0.2) is 6.07 Å². The lowest BCUT2D eigenvalue weighted by Crippen LogP contribution is -2.23. The Kier molecular flexibility index (Phi) is 3.78. The van der Waals surface area contributed by atoms with Crippen LogP contribution in [-0.4, -0.2) is 23.1 Å². The summed E-state index contributed by atoms with van der Waals surface area (Å²) in [6, 6.07) is 2.13. The minimum Gasteiger partial charge on any atom is -0.474 e. The fourth-order valence-electron chi connectivity index (χ4n) is 2.72. The normalized spacial score (nSPS) is 22.9. The average Bonchev–Trinajstić information content (AvgIpc) is 2.81. The Morgan fingerprint density at radius 2 is 2.00 bits per heavy atom. The van der Waals surface area contributed by atoms with Crippen molar-refractivity contribution in [3.8, 4) is 5.88 Å². The summed E-state index contributed by atoms with van der Waals surface area (Å²) in [4.78, 5) is 11.2. The van der Waals surface area contributed by atoms with Gasteiger partial charge in [0.25, 0.3) is 0 Å². The maximum absolute atomic E-state index is 6.19. The van der Waals surface area contributed by atoms with Crippen LogP contribution in [0.3, 0.4) is 0 Å². The van der Waals surface area contributed by atoms with E-state index in [1.807, 2.05) is 7.05 Å². The molecule has 0 unspecified atom stereocenters. The SMILES string of the molecule is CNc1nc(OC2CCC(C)CC2)c2cc(C)sc2n1. The van der Waals surface area contributed by atoms with Crippen LogP contribution in [0.2, 0.25) is 0 Å².